The van der Waals surface area contributed by atoms with Gasteiger partial charge in [-0.2, -0.15) is 5.10 Å². The first-order valence-electron chi connectivity index (χ1n) is 5.71. The summed E-state index contributed by atoms with van der Waals surface area (Å²) in [5.41, 5.74) is 0.649. The van der Waals surface area contributed by atoms with Gasteiger partial charge >= 0.3 is 5.97 Å². The van der Waals surface area contributed by atoms with E-state index in [2.05, 4.69) is 26.0 Å². The van der Waals surface area contributed by atoms with Gasteiger partial charge in [0.25, 0.3) is 0 Å². The van der Waals surface area contributed by atoms with Crippen LogP contribution in [0.15, 0.2) is 22.8 Å². The van der Waals surface area contributed by atoms with Crippen LogP contribution in [-0.2, 0) is 0 Å². The van der Waals surface area contributed by atoms with E-state index in [1.165, 1.54) is 4.68 Å². The first-order chi connectivity index (χ1) is 9.08. The van der Waals surface area contributed by atoms with E-state index < -0.39 is 5.97 Å². The molecule has 0 bridgehead atoms. The van der Waals surface area contributed by atoms with Gasteiger partial charge in [-0.3, -0.25) is 0 Å². The van der Waals surface area contributed by atoms with Crippen LogP contribution in [0.25, 0.3) is 5.82 Å². The Balaban J connectivity index is 2.14. The van der Waals surface area contributed by atoms with Crippen molar-refractivity contribution in [3.8, 4) is 5.82 Å². The Labute approximate surface area is 122 Å². The third-order valence-corrected chi connectivity index (χ3v) is 3.78. The van der Waals surface area contributed by atoms with Crippen molar-refractivity contribution < 1.29 is 9.90 Å². The van der Waals surface area contributed by atoms with Crippen LogP contribution in [0.1, 0.15) is 34.8 Å². The van der Waals surface area contributed by atoms with E-state index in [4.69, 9.17) is 11.6 Å². The number of carbonyl (C=O) groups is 1. The molecule has 3 rings (SSSR count). The molecule has 1 saturated carbocycles. The Morgan fingerprint density at radius 2 is 2.21 bits per heavy atom. The second-order valence-electron chi connectivity index (χ2n) is 4.38. The number of halogens is 2. The van der Waals surface area contributed by atoms with Gasteiger partial charge in [-0.15, -0.1) is 0 Å². The van der Waals surface area contributed by atoms with E-state index in [0.29, 0.717) is 11.5 Å². The molecule has 1 aliphatic rings. The predicted molar refractivity (Wildman–Crippen MR) is 73.0 cm³/mol. The summed E-state index contributed by atoms with van der Waals surface area (Å²) < 4.78 is 2.21. The highest BCUT2D eigenvalue weighted by atomic mass is 79.9. The molecule has 0 aromatic carbocycles. The van der Waals surface area contributed by atoms with Gasteiger partial charge in [0, 0.05) is 16.6 Å². The fraction of sp³-hybridized carbons (Fsp3) is 0.250. The average molecular weight is 343 g/mol. The molecule has 5 nitrogen and oxygen atoms in total. The molecule has 7 heteroatoms. The molecule has 1 aliphatic carbocycles. The van der Waals surface area contributed by atoms with Gasteiger partial charge in [0.05, 0.1) is 5.69 Å². The molecule has 0 spiro atoms. The fourth-order valence-corrected chi connectivity index (χ4v) is 2.44. The maximum atomic E-state index is 11.3. The Morgan fingerprint density at radius 1 is 1.47 bits per heavy atom. The zero-order chi connectivity index (χ0) is 13.6. The Kier molecular flexibility index (Phi) is 3.06. The lowest BCUT2D eigenvalue weighted by molar-refractivity contribution is 0.0696. The van der Waals surface area contributed by atoms with Crippen molar-refractivity contribution in [1.82, 2.24) is 14.8 Å². The van der Waals surface area contributed by atoms with E-state index in [-0.39, 0.29) is 16.6 Å². The van der Waals surface area contributed by atoms with Crippen LogP contribution in [0.4, 0.5) is 0 Å². The molecule has 2 aromatic rings. The van der Waals surface area contributed by atoms with Gasteiger partial charge in [0.2, 0.25) is 0 Å². The van der Waals surface area contributed by atoms with Gasteiger partial charge in [-0.05, 0) is 40.9 Å². The normalized spacial score (nSPS) is 14.6. The van der Waals surface area contributed by atoms with Gasteiger partial charge in [0.15, 0.2) is 5.82 Å². The molecule has 2 heterocycles. The minimum atomic E-state index is -1.05. The van der Waals surface area contributed by atoms with Crippen molar-refractivity contribution in [2.75, 3.05) is 0 Å². The molecule has 1 fully saturated rings. The number of pyridine rings is 1. The summed E-state index contributed by atoms with van der Waals surface area (Å²) in [6, 6.07) is 3.53. The summed E-state index contributed by atoms with van der Waals surface area (Å²) in [5, 5.41) is 13.7. The van der Waals surface area contributed by atoms with E-state index >= 15 is 0 Å². The SMILES string of the molecule is O=C(O)c1c(C2CC2)nn(-c2ccc(Br)cn2)c1Cl. The molecule has 19 heavy (non-hydrogen) atoms. The number of hydrogen-bond donors (Lipinski definition) is 1. The lowest BCUT2D eigenvalue weighted by Gasteiger charge is -2.01. The topological polar surface area (TPSA) is 68.0 Å². The number of carboxylic acid groups (broad SMARTS) is 1. The van der Waals surface area contributed by atoms with Crippen LogP contribution < -0.4 is 0 Å². The average Bonchev–Trinajstić information content (AvgIpc) is 3.14. The first kappa shape index (κ1) is 12.6. The molecular formula is C12H9BrClN3O2. The van der Waals surface area contributed by atoms with E-state index in [9.17, 15) is 9.90 Å². The number of aromatic nitrogens is 3. The number of aromatic carboxylic acids is 1. The van der Waals surface area contributed by atoms with Gasteiger partial charge in [-0.1, -0.05) is 11.6 Å². The summed E-state index contributed by atoms with van der Waals surface area (Å²) in [5.74, 6) is -0.335. The summed E-state index contributed by atoms with van der Waals surface area (Å²) in [6.45, 7) is 0. The standard InChI is InChI=1S/C12H9BrClN3O2/c13-7-3-4-8(15-5-7)17-11(14)9(12(18)19)10(16-17)6-1-2-6/h3-6H,1-2H2,(H,18,19). The van der Waals surface area contributed by atoms with Gasteiger partial charge in [0.1, 0.15) is 10.7 Å². The van der Waals surface area contributed by atoms with Crippen LogP contribution in [-0.4, -0.2) is 25.8 Å². The van der Waals surface area contributed by atoms with E-state index in [1.807, 2.05) is 0 Å². The third-order valence-electron chi connectivity index (χ3n) is 2.96. The predicted octanol–water partition coefficient (Wildman–Crippen LogP) is 3.26. The molecule has 0 aliphatic heterocycles. The minimum Gasteiger partial charge on any atom is -0.478 e. The zero-order valence-electron chi connectivity index (χ0n) is 9.68. The fourth-order valence-electron chi connectivity index (χ4n) is 1.90. The van der Waals surface area contributed by atoms with Crippen molar-refractivity contribution in [3.05, 3.63) is 39.2 Å². The summed E-state index contributed by atoms with van der Waals surface area (Å²) >= 11 is 9.43. The summed E-state index contributed by atoms with van der Waals surface area (Å²) in [4.78, 5) is 15.5. The number of carboxylic acids is 1. The molecular weight excluding hydrogens is 334 g/mol. The molecule has 0 unspecified atom stereocenters. The Morgan fingerprint density at radius 3 is 2.74 bits per heavy atom. The summed E-state index contributed by atoms with van der Waals surface area (Å²) in [6.07, 6.45) is 3.54. The largest absolute Gasteiger partial charge is 0.478 e. The molecule has 0 atom stereocenters. The zero-order valence-corrected chi connectivity index (χ0v) is 12.0. The molecule has 98 valence electrons. The highest BCUT2D eigenvalue weighted by Gasteiger charge is 2.34. The maximum Gasteiger partial charge on any atom is 0.340 e. The molecule has 0 amide bonds. The van der Waals surface area contributed by atoms with Crippen molar-refractivity contribution in [3.63, 3.8) is 0 Å². The maximum absolute atomic E-state index is 11.3. The van der Waals surface area contributed by atoms with E-state index in [1.54, 1.807) is 18.3 Å². The first-order valence-corrected chi connectivity index (χ1v) is 6.88. The van der Waals surface area contributed by atoms with Gasteiger partial charge < -0.3 is 5.11 Å². The van der Waals surface area contributed by atoms with Gasteiger partial charge in [-0.25, -0.2) is 14.5 Å². The molecule has 0 radical (unpaired) electrons. The van der Waals surface area contributed by atoms with E-state index in [0.717, 1.165) is 17.3 Å². The lowest BCUT2D eigenvalue weighted by atomic mass is 10.2. The van der Waals surface area contributed by atoms with Crippen molar-refractivity contribution in [1.29, 1.82) is 0 Å². The Bertz CT molecular complexity index is 650. The third kappa shape index (κ3) is 2.26. The highest BCUT2D eigenvalue weighted by Crippen LogP contribution is 2.42. The van der Waals surface area contributed by atoms with Crippen molar-refractivity contribution >= 4 is 33.5 Å². The molecule has 0 saturated heterocycles. The van der Waals surface area contributed by atoms with Crippen LogP contribution >= 0.6 is 27.5 Å². The molecule has 1 N–H and O–H groups in total. The quantitative estimate of drug-likeness (QED) is 0.929. The number of hydrogen-bond acceptors (Lipinski definition) is 3. The minimum absolute atomic E-state index is 0.0916. The monoisotopic (exact) mass is 341 g/mol. The second-order valence-corrected chi connectivity index (χ2v) is 5.65. The molecule has 2 aromatic heterocycles. The smallest absolute Gasteiger partial charge is 0.340 e. The number of nitrogens with zero attached hydrogens (tertiary/aromatic N) is 3. The van der Waals surface area contributed by atoms with Crippen molar-refractivity contribution in [2.45, 2.75) is 18.8 Å². The summed E-state index contributed by atoms with van der Waals surface area (Å²) in [7, 11) is 0. The van der Waals surface area contributed by atoms with Crippen LogP contribution in [0, 0.1) is 0 Å². The van der Waals surface area contributed by atoms with Crippen molar-refractivity contribution in [2.24, 2.45) is 0 Å². The van der Waals surface area contributed by atoms with Crippen LogP contribution in [0.3, 0.4) is 0 Å². The number of rotatable bonds is 3. The highest BCUT2D eigenvalue weighted by molar-refractivity contribution is 9.10. The van der Waals surface area contributed by atoms with Crippen LogP contribution in [0.2, 0.25) is 5.15 Å². The Hall–Kier alpha value is -1.40. The van der Waals surface area contributed by atoms with Crippen LogP contribution in [0.5, 0.6) is 0 Å². The second kappa shape index (κ2) is 4.61. The lowest BCUT2D eigenvalue weighted by Crippen LogP contribution is -2.01.